The van der Waals surface area contributed by atoms with Crippen LogP contribution in [0.1, 0.15) is 29.9 Å². The lowest BCUT2D eigenvalue weighted by molar-refractivity contribution is 0.414. The van der Waals surface area contributed by atoms with Crippen LogP contribution >= 0.6 is 11.6 Å². The minimum absolute atomic E-state index is 0.243. The second-order valence-electron chi connectivity index (χ2n) is 4.40. The number of benzene rings is 1. The Morgan fingerprint density at radius 2 is 2.16 bits per heavy atom. The number of nitrogens with zero attached hydrogens (tertiary/aromatic N) is 2. The average Bonchev–Trinajstić information content (AvgIpc) is 2.79. The van der Waals surface area contributed by atoms with E-state index in [0.29, 0.717) is 10.8 Å². The summed E-state index contributed by atoms with van der Waals surface area (Å²) in [4.78, 5) is 0. The lowest BCUT2D eigenvalue weighted by Gasteiger charge is -2.15. The predicted octanol–water partition coefficient (Wildman–Crippen LogP) is 2.92. The molecule has 0 spiro atoms. The van der Waals surface area contributed by atoms with E-state index < -0.39 is 0 Å². The fraction of sp³-hybridized carbons (Fsp3) is 0.357. The number of ether oxygens (including phenoxy) is 1. The molecule has 2 aromatic rings. The first-order valence-electron chi connectivity index (χ1n) is 6.20. The minimum Gasteiger partial charge on any atom is -0.495 e. The number of methoxy groups -OCH3 is 1. The summed E-state index contributed by atoms with van der Waals surface area (Å²) in [7, 11) is 1.59. The second-order valence-corrected chi connectivity index (χ2v) is 4.81. The van der Waals surface area contributed by atoms with Crippen molar-refractivity contribution in [2.24, 2.45) is 5.73 Å². The van der Waals surface area contributed by atoms with Gasteiger partial charge < -0.3 is 10.5 Å². The number of rotatable bonds is 4. The Labute approximate surface area is 118 Å². The van der Waals surface area contributed by atoms with Gasteiger partial charge in [-0.25, -0.2) is 0 Å². The third-order valence-electron chi connectivity index (χ3n) is 3.09. The Hall–Kier alpha value is -1.52. The van der Waals surface area contributed by atoms with Gasteiger partial charge in [0.1, 0.15) is 5.75 Å². The zero-order valence-electron chi connectivity index (χ0n) is 11.4. The second kappa shape index (κ2) is 5.63. The van der Waals surface area contributed by atoms with Crippen molar-refractivity contribution < 1.29 is 4.74 Å². The standard InChI is InChI=1S/C14H18ClN3O/c1-4-18-12(7-9(2)17-18)14(16)10-5-6-11(15)13(8-10)19-3/h5-8,14H,4,16H2,1-3H3. The van der Waals surface area contributed by atoms with Crippen LogP contribution in [0.15, 0.2) is 24.3 Å². The number of halogens is 1. The molecule has 0 bridgehead atoms. The van der Waals surface area contributed by atoms with Gasteiger partial charge >= 0.3 is 0 Å². The Morgan fingerprint density at radius 1 is 1.42 bits per heavy atom. The SMILES string of the molecule is CCn1nc(C)cc1C(N)c1ccc(Cl)c(OC)c1. The van der Waals surface area contributed by atoms with E-state index in [1.165, 1.54) is 0 Å². The van der Waals surface area contributed by atoms with Gasteiger partial charge in [-0.3, -0.25) is 4.68 Å². The van der Waals surface area contributed by atoms with Gasteiger partial charge in [-0.1, -0.05) is 17.7 Å². The summed E-state index contributed by atoms with van der Waals surface area (Å²) < 4.78 is 7.14. The van der Waals surface area contributed by atoms with Crippen molar-refractivity contribution in [3.05, 3.63) is 46.2 Å². The molecule has 0 amide bonds. The van der Waals surface area contributed by atoms with Crippen LogP contribution < -0.4 is 10.5 Å². The zero-order chi connectivity index (χ0) is 14.0. The van der Waals surface area contributed by atoms with Crippen LogP contribution in [-0.2, 0) is 6.54 Å². The Morgan fingerprint density at radius 3 is 2.79 bits per heavy atom. The summed E-state index contributed by atoms with van der Waals surface area (Å²) in [6.07, 6.45) is 0. The van der Waals surface area contributed by atoms with Crippen molar-refractivity contribution in [1.29, 1.82) is 0 Å². The molecule has 0 radical (unpaired) electrons. The molecule has 1 unspecified atom stereocenters. The average molecular weight is 280 g/mol. The first-order chi connectivity index (χ1) is 9.06. The molecular weight excluding hydrogens is 262 g/mol. The first-order valence-corrected chi connectivity index (χ1v) is 6.58. The third kappa shape index (κ3) is 2.74. The van der Waals surface area contributed by atoms with E-state index >= 15 is 0 Å². The molecule has 19 heavy (non-hydrogen) atoms. The lowest BCUT2D eigenvalue weighted by Crippen LogP contribution is -2.17. The highest BCUT2D eigenvalue weighted by molar-refractivity contribution is 6.32. The van der Waals surface area contributed by atoms with Crippen LogP contribution in [-0.4, -0.2) is 16.9 Å². The van der Waals surface area contributed by atoms with Crippen molar-refractivity contribution in [2.45, 2.75) is 26.4 Å². The van der Waals surface area contributed by atoms with Gasteiger partial charge in [0.25, 0.3) is 0 Å². The van der Waals surface area contributed by atoms with Gasteiger partial charge in [0.2, 0.25) is 0 Å². The molecule has 1 heterocycles. The number of aromatic nitrogens is 2. The summed E-state index contributed by atoms with van der Waals surface area (Å²) in [5.41, 5.74) is 9.23. The molecule has 2 rings (SSSR count). The van der Waals surface area contributed by atoms with E-state index in [1.807, 2.05) is 36.7 Å². The highest BCUT2D eigenvalue weighted by Crippen LogP contribution is 2.29. The maximum atomic E-state index is 6.32. The molecular formula is C14H18ClN3O. The molecule has 0 aliphatic rings. The highest BCUT2D eigenvalue weighted by Gasteiger charge is 2.16. The van der Waals surface area contributed by atoms with Crippen molar-refractivity contribution in [3.8, 4) is 5.75 Å². The van der Waals surface area contributed by atoms with Crippen molar-refractivity contribution in [2.75, 3.05) is 7.11 Å². The summed E-state index contributed by atoms with van der Waals surface area (Å²) in [6, 6.07) is 7.35. The molecule has 102 valence electrons. The Kier molecular flexibility index (Phi) is 4.12. The van der Waals surface area contributed by atoms with Crippen LogP contribution in [0, 0.1) is 6.92 Å². The third-order valence-corrected chi connectivity index (χ3v) is 3.40. The van der Waals surface area contributed by atoms with Crippen LogP contribution in [0.25, 0.3) is 0 Å². The number of hydrogen-bond donors (Lipinski definition) is 1. The molecule has 0 aliphatic heterocycles. The van der Waals surface area contributed by atoms with Gasteiger partial charge in [0.05, 0.1) is 29.6 Å². The van der Waals surface area contributed by atoms with Gasteiger partial charge in [-0.2, -0.15) is 5.10 Å². The zero-order valence-corrected chi connectivity index (χ0v) is 12.1. The van der Waals surface area contributed by atoms with Crippen molar-refractivity contribution >= 4 is 11.6 Å². The molecule has 2 N–H and O–H groups in total. The monoisotopic (exact) mass is 279 g/mol. The summed E-state index contributed by atoms with van der Waals surface area (Å²) >= 11 is 6.03. The van der Waals surface area contributed by atoms with Crippen molar-refractivity contribution in [1.82, 2.24) is 9.78 Å². The van der Waals surface area contributed by atoms with Gasteiger partial charge in [0.15, 0.2) is 0 Å². The quantitative estimate of drug-likeness (QED) is 0.936. The largest absolute Gasteiger partial charge is 0.495 e. The molecule has 0 saturated heterocycles. The highest BCUT2D eigenvalue weighted by atomic mass is 35.5. The fourth-order valence-electron chi connectivity index (χ4n) is 2.11. The van der Waals surface area contributed by atoms with E-state index in [2.05, 4.69) is 5.10 Å². The number of aryl methyl sites for hydroxylation is 2. The number of hydrogen-bond acceptors (Lipinski definition) is 3. The molecule has 0 fully saturated rings. The van der Waals surface area contributed by atoms with Crippen molar-refractivity contribution in [3.63, 3.8) is 0 Å². The van der Waals surface area contributed by atoms with Crippen LogP contribution in [0.2, 0.25) is 5.02 Å². The molecule has 0 saturated carbocycles. The number of nitrogens with two attached hydrogens (primary N) is 1. The van der Waals surface area contributed by atoms with Crippen LogP contribution in [0.3, 0.4) is 0 Å². The van der Waals surface area contributed by atoms with E-state index in [4.69, 9.17) is 22.1 Å². The maximum absolute atomic E-state index is 6.32. The first kappa shape index (κ1) is 13.9. The topological polar surface area (TPSA) is 53.1 Å². The Bertz CT molecular complexity index is 580. The minimum atomic E-state index is -0.243. The molecule has 1 aromatic carbocycles. The molecule has 4 nitrogen and oxygen atoms in total. The van der Waals surface area contributed by atoms with E-state index in [9.17, 15) is 0 Å². The van der Waals surface area contributed by atoms with Gasteiger partial charge in [-0.05, 0) is 37.6 Å². The van der Waals surface area contributed by atoms with E-state index in [0.717, 1.165) is 23.5 Å². The fourth-order valence-corrected chi connectivity index (χ4v) is 2.30. The Balaban J connectivity index is 2.40. The smallest absolute Gasteiger partial charge is 0.137 e. The van der Waals surface area contributed by atoms with Crippen LogP contribution in [0.4, 0.5) is 0 Å². The van der Waals surface area contributed by atoms with Gasteiger partial charge in [0, 0.05) is 6.54 Å². The lowest BCUT2D eigenvalue weighted by atomic mass is 10.0. The molecule has 5 heteroatoms. The molecule has 1 aromatic heterocycles. The van der Waals surface area contributed by atoms with E-state index in [-0.39, 0.29) is 6.04 Å². The molecule has 0 aliphatic carbocycles. The maximum Gasteiger partial charge on any atom is 0.137 e. The summed E-state index contributed by atoms with van der Waals surface area (Å²) in [5.74, 6) is 0.633. The van der Waals surface area contributed by atoms with Gasteiger partial charge in [-0.15, -0.1) is 0 Å². The van der Waals surface area contributed by atoms with E-state index in [1.54, 1.807) is 13.2 Å². The predicted molar refractivity (Wildman–Crippen MR) is 76.7 cm³/mol. The normalized spacial score (nSPS) is 12.5. The summed E-state index contributed by atoms with van der Waals surface area (Å²) in [5, 5.41) is 5.00. The van der Waals surface area contributed by atoms with Crippen LogP contribution in [0.5, 0.6) is 5.75 Å². The summed E-state index contributed by atoms with van der Waals surface area (Å²) in [6.45, 7) is 4.80. The molecule has 1 atom stereocenters.